The van der Waals surface area contributed by atoms with Gasteiger partial charge in [-0.3, -0.25) is 4.79 Å². The van der Waals surface area contributed by atoms with Crippen LogP contribution < -0.4 is 10.1 Å². The number of ether oxygens (including phenoxy) is 2. The molecule has 0 radical (unpaired) electrons. The lowest BCUT2D eigenvalue weighted by Crippen LogP contribution is -2.56. The summed E-state index contributed by atoms with van der Waals surface area (Å²) in [4.78, 5) is 23.6. The van der Waals surface area contributed by atoms with Crippen LogP contribution in [0.2, 0.25) is 0 Å². The average molecular weight is 341 g/mol. The Morgan fingerprint density at radius 2 is 1.84 bits per heavy atom. The number of para-hydroxylation sites is 1. The second-order valence-electron chi connectivity index (χ2n) is 5.89. The third kappa shape index (κ3) is 3.80. The number of carboxylic acids is 1. The summed E-state index contributed by atoms with van der Waals surface area (Å²) in [5.74, 6) is -1.02. The normalized spacial score (nSPS) is 19.4. The molecule has 1 aliphatic rings. The van der Waals surface area contributed by atoms with E-state index in [9.17, 15) is 14.7 Å². The fourth-order valence-electron chi connectivity index (χ4n) is 2.78. The van der Waals surface area contributed by atoms with Gasteiger partial charge < -0.3 is 19.9 Å². The van der Waals surface area contributed by atoms with Crippen molar-refractivity contribution in [2.45, 2.75) is 12.0 Å². The van der Waals surface area contributed by atoms with Gasteiger partial charge in [-0.05, 0) is 11.6 Å². The molecule has 6 heteroatoms. The van der Waals surface area contributed by atoms with E-state index in [0.717, 1.165) is 11.1 Å². The van der Waals surface area contributed by atoms with Crippen molar-refractivity contribution in [2.24, 2.45) is 0 Å². The van der Waals surface area contributed by atoms with Crippen LogP contribution in [-0.4, -0.2) is 42.3 Å². The smallest absolute Gasteiger partial charge is 0.331 e. The summed E-state index contributed by atoms with van der Waals surface area (Å²) in [7, 11) is 0. The molecule has 2 N–H and O–H groups in total. The molecule has 130 valence electrons. The number of carboxylic acid groups (broad SMARTS) is 1. The van der Waals surface area contributed by atoms with Crippen LogP contribution in [0.3, 0.4) is 0 Å². The lowest BCUT2D eigenvalue weighted by Gasteiger charge is -2.23. The van der Waals surface area contributed by atoms with E-state index >= 15 is 0 Å². The Morgan fingerprint density at radius 3 is 2.52 bits per heavy atom. The molecule has 1 fully saturated rings. The molecule has 2 aromatic carbocycles. The minimum absolute atomic E-state index is 0.0331. The number of aliphatic carboxylic acids is 1. The topological polar surface area (TPSA) is 84.9 Å². The maximum absolute atomic E-state index is 12.2. The Labute approximate surface area is 145 Å². The van der Waals surface area contributed by atoms with Crippen molar-refractivity contribution < 1.29 is 24.2 Å². The molecular weight excluding hydrogens is 322 g/mol. The van der Waals surface area contributed by atoms with Gasteiger partial charge in [0.15, 0.2) is 12.1 Å². The number of nitrogens with one attached hydrogen (secondary N) is 1. The summed E-state index contributed by atoms with van der Waals surface area (Å²) in [6.07, 6.45) is 0.245. The summed E-state index contributed by atoms with van der Waals surface area (Å²) in [5.41, 5.74) is 0.483. The Hall–Kier alpha value is -2.86. The second kappa shape index (κ2) is 7.36. The molecule has 0 aliphatic carbocycles. The zero-order chi connectivity index (χ0) is 17.7. The fraction of sp³-hybridized carbons (Fsp3) is 0.263. The summed E-state index contributed by atoms with van der Waals surface area (Å²) < 4.78 is 10.8. The molecule has 2 aromatic rings. The third-order valence-electron chi connectivity index (χ3n) is 4.14. The van der Waals surface area contributed by atoms with Crippen LogP contribution in [-0.2, 0) is 14.3 Å². The van der Waals surface area contributed by atoms with Gasteiger partial charge in [-0.15, -0.1) is 0 Å². The largest absolute Gasteiger partial charge is 0.483 e. The van der Waals surface area contributed by atoms with Gasteiger partial charge in [0, 0.05) is 18.6 Å². The average Bonchev–Trinajstić information content (AvgIpc) is 3.11. The number of rotatable bonds is 6. The standard InChI is InChI=1S/C19H19NO5/c21-17(20-19(18(22)23)10-11-24-13-19)12-25-16-9-5-4-8-15(16)14-6-2-1-3-7-14/h1-9H,10-13H2,(H,20,21)(H,22,23). The van der Waals surface area contributed by atoms with Gasteiger partial charge in [0.05, 0.1) is 6.61 Å². The summed E-state index contributed by atoms with van der Waals surface area (Å²) in [6.45, 7) is 0.0117. The van der Waals surface area contributed by atoms with Crippen molar-refractivity contribution in [3.05, 3.63) is 54.6 Å². The maximum atomic E-state index is 12.2. The van der Waals surface area contributed by atoms with Crippen LogP contribution in [0.1, 0.15) is 6.42 Å². The van der Waals surface area contributed by atoms with E-state index in [2.05, 4.69) is 5.32 Å². The van der Waals surface area contributed by atoms with E-state index in [4.69, 9.17) is 9.47 Å². The first-order valence-corrected chi connectivity index (χ1v) is 8.00. The number of amides is 1. The first kappa shape index (κ1) is 17.0. The van der Waals surface area contributed by atoms with Gasteiger partial charge in [0.25, 0.3) is 5.91 Å². The quantitative estimate of drug-likeness (QED) is 0.840. The van der Waals surface area contributed by atoms with E-state index in [-0.39, 0.29) is 19.6 Å². The Morgan fingerprint density at radius 1 is 1.12 bits per heavy atom. The van der Waals surface area contributed by atoms with Gasteiger partial charge in [-0.2, -0.15) is 0 Å². The third-order valence-corrected chi connectivity index (χ3v) is 4.14. The first-order chi connectivity index (χ1) is 12.1. The molecule has 0 spiro atoms. The summed E-state index contributed by atoms with van der Waals surface area (Å²) in [5, 5.41) is 11.9. The molecule has 3 rings (SSSR count). The van der Waals surface area contributed by atoms with Gasteiger partial charge in [-0.25, -0.2) is 4.79 Å². The van der Waals surface area contributed by atoms with E-state index in [0.29, 0.717) is 12.4 Å². The highest BCUT2D eigenvalue weighted by Crippen LogP contribution is 2.29. The van der Waals surface area contributed by atoms with Crippen molar-refractivity contribution >= 4 is 11.9 Å². The van der Waals surface area contributed by atoms with E-state index in [1.54, 1.807) is 6.07 Å². The second-order valence-corrected chi connectivity index (χ2v) is 5.89. The molecule has 1 saturated heterocycles. The van der Waals surface area contributed by atoms with Crippen molar-refractivity contribution in [1.82, 2.24) is 5.32 Å². The molecule has 1 heterocycles. The highest BCUT2D eigenvalue weighted by atomic mass is 16.5. The van der Waals surface area contributed by atoms with Crippen LogP contribution in [0, 0.1) is 0 Å². The molecule has 25 heavy (non-hydrogen) atoms. The number of hydrogen-bond acceptors (Lipinski definition) is 4. The Kier molecular flexibility index (Phi) is 5.00. The van der Waals surface area contributed by atoms with Crippen molar-refractivity contribution in [3.63, 3.8) is 0 Å². The molecule has 0 bridgehead atoms. The molecule has 1 atom stereocenters. The van der Waals surface area contributed by atoms with Gasteiger partial charge in [0.1, 0.15) is 5.75 Å². The van der Waals surface area contributed by atoms with Gasteiger partial charge in [0.2, 0.25) is 0 Å². The summed E-state index contributed by atoms with van der Waals surface area (Å²) >= 11 is 0. The van der Waals surface area contributed by atoms with Crippen molar-refractivity contribution in [2.75, 3.05) is 19.8 Å². The zero-order valence-corrected chi connectivity index (χ0v) is 13.6. The Balaban J connectivity index is 1.68. The van der Waals surface area contributed by atoms with Gasteiger partial charge >= 0.3 is 5.97 Å². The SMILES string of the molecule is O=C(COc1ccccc1-c1ccccc1)NC1(C(=O)O)CCOC1. The summed E-state index contributed by atoms with van der Waals surface area (Å²) in [6, 6.07) is 17.1. The van der Waals surface area contributed by atoms with Crippen LogP contribution >= 0.6 is 0 Å². The van der Waals surface area contributed by atoms with E-state index < -0.39 is 17.4 Å². The molecule has 1 amide bonds. The van der Waals surface area contributed by atoms with Crippen molar-refractivity contribution in [3.8, 4) is 16.9 Å². The fourth-order valence-corrected chi connectivity index (χ4v) is 2.78. The minimum atomic E-state index is -1.36. The van der Waals surface area contributed by atoms with Crippen LogP contribution in [0.5, 0.6) is 5.75 Å². The van der Waals surface area contributed by atoms with Gasteiger partial charge in [-0.1, -0.05) is 48.5 Å². The van der Waals surface area contributed by atoms with Crippen LogP contribution in [0.25, 0.3) is 11.1 Å². The number of hydrogen-bond donors (Lipinski definition) is 2. The van der Waals surface area contributed by atoms with Crippen molar-refractivity contribution in [1.29, 1.82) is 0 Å². The monoisotopic (exact) mass is 341 g/mol. The zero-order valence-electron chi connectivity index (χ0n) is 13.6. The number of benzene rings is 2. The van der Waals surface area contributed by atoms with E-state index in [1.807, 2.05) is 48.5 Å². The molecule has 6 nitrogen and oxygen atoms in total. The molecule has 1 unspecified atom stereocenters. The lowest BCUT2D eigenvalue weighted by atomic mass is 9.99. The number of carbonyl (C=O) groups excluding carboxylic acids is 1. The Bertz CT molecular complexity index is 753. The lowest BCUT2D eigenvalue weighted by molar-refractivity contribution is -0.148. The molecule has 1 aliphatic heterocycles. The van der Waals surface area contributed by atoms with E-state index in [1.165, 1.54) is 0 Å². The number of carbonyl (C=O) groups is 2. The minimum Gasteiger partial charge on any atom is -0.483 e. The van der Waals surface area contributed by atoms with Crippen LogP contribution in [0.15, 0.2) is 54.6 Å². The maximum Gasteiger partial charge on any atom is 0.331 e. The highest BCUT2D eigenvalue weighted by molar-refractivity contribution is 5.88. The van der Waals surface area contributed by atoms with Crippen LogP contribution in [0.4, 0.5) is 0 Å². The first-order valence-electron chi connectivity index (χ1n) is 8.00. The molecule has 0 aromatic heterocycles. The molecule has 0 saturated carbocycles. The highest BCUT2D eigenvalue weighted by Gasteiger charge is 2.43. The molecular formula is C19H19NO5. The predicted molar refractivity (Wildman–Crippen MR) is 91.3 cm³/mol. The predicted octanol–water partition coefficient (Wildman–Crippen LogP) is 2.09.